The quantitative estimate of drug-likeness (QED) is 0.792. The van der Waals surface area contributed by atoms with E-state index in [1.54, 1.807) is 0 Å². The summed E-state index contributed by atoms with van der Waals surface area (Å²) in [7, 11) is 0. The van der Waals surface area contributed by atoms with Crippen LogP contribution in [0.4, 0.5) is 0 Å². The maximum atomic E-state index is 12.0. The van der Waals surface area contributed by atoms with Crippen molar-refractivity contribution in [3.63, 3.8) is 0 Å². The molecule has 5 heteroatoms. The Bertz CT molecular complexity index is 475. The second-order valence-electron chi connectivity index (χ2n) is 6.86. The zero-order valence-corrected chi connectivity index (χ0v) is 15.7. The Kier molecular flexibility index (Phi) is 9.34. The molecule has 1 fully saturated rings. The molecule has 1 aromatic carbocycles. The molecule has 1 aromatic rings. The number of piperidine rings is 1. The number of hydrogen-bond donors (Lipinski definition) is 2. The van der Waals surface area contributed by atoms with Crippen LogP contribution < -0.4 is 11.1 Å². The summed E-state index contributed by atoms with van der Waals surface area (Å²) in [6.07, 6.45) is 3.23. The maximum Gasteiger partial charge on any atom is 0.237 e. The predicted molar refractivity (Wildman–Crippen MR) is 102 cm³/mol. The lowest BCUT2D eigenvalue weighted by Gasteiger charge is -2.32. The van der Waals surface area contributed by atoms with E-state index in [9.17, 15) is 4.79 Å². The average Bonchev–Trinajstić information content (AvgIpc) is 2.60. The molecule has 3 N–H and O–H groups in total. The number of halogens is 1. The maximum absolute atomic E-state index is 12.0. The summed E-state index contributed by atoms with van der Waals surface area (Å²) in [4.78, 5) is 14.5. The van der Waals surface area contributed by atoms with Crippen LogP contribution >= 0.6 is 12.4 Å². The SMILES string of the molecule is CCC(C)C(N)C(=O)NCC1CCN(Cc2ccccc2)CC1.Cl. The molecule has 4 nitrogen and oxygen atoms in total. The largest absolute Gasteiger partial charge is 0.354 e. The zero-order chi connectivity index (χ0) is 16.7. The van der Waals surface area contributed by atoms with Crippen LogP contribution in [0.1, 0.15) is 38.7 Å². The van der Waals surface area contributed by atoms with E-state index in [-0.39, 0.29) is 30.3 Å². The minimum absolute atomic E-state index is 0. The minimum Gasteiger partial charge on any atom is -0.354 e. The second kappa shape index (κ2) is 10.7. The van der Waals surface area contributed by atoms with Gasteiger partial charge in [-0.25, -0.2) is 0 Å². The minimum atomic E-state index is -0.377. The Morgan fingerprint density at radius 2 is 1.92 bits per heavy atom. The van der Waals surface area contributed by atoms with Crippen molar-refractivity contribution >= 4 is 18.3 Å². The molecule has 0 bridgehead atoms. The number of nitrogens with one attached hydrogen (secondary N) is 1. The number of nitrogens with zero attached hydrogens (tertiary/aromatic N) is 1. The lowest BCUT2D eigenvalue weighted by atomic mass is 9.95. The number of amides is 1. The van der Waals surface area contributed by atoms with Crippen LogP contribution in [-0.2, 0) is 11.3 Å². The standard InChI is InChI=1S/C19H31N3O.ClH/c1-3-15(2)18(20)19(23)21-13-16-9-11-22(12-10-16)14-17-7-5-4-6-8-17;/h4-8,15-16,18H,3,9-14,20H2,1-2H3,(H,21,23);1H. The molecule has 1 aliphatic heterocycles. The van der Waals surface area contributed by atoms with Gasteiger partial charge in [-0.2, -0.15) is 0 Å². The third-order valence-electron chi connectivity index (χ3n) is 5.08. The van der Waals surface area contributed by atoms with E-state index in [0.29, 0.717) is 5.92 Å². The van der Waals surface area contributed by atoms with Gasteiger partial charge in [-0.1, -0.05) is 50.6 Å². The summed E-state index contributed by atoms with van der Waals surface area (Å²) < 4.78 is 0. The van der Waals surface area contributed by atoms with Gasteiger partial charge in [0.1, 0.15) is 0 Å². The highest BCUT2D eigenvalue weighted by Gasteiger charge is 2.22. The Morgan fingerprint density at radius 1 is 1.29 bits per heavy atom. The van der Waals surface area contributed by atoms with Crippen LogP contribution in [-0.4, -0.2) is 36.5 Å². The number of rotatable bonds is 7. The van der Waals surface area contributed by atoms with E-state index in [2.05, 4.69) is 47.5 Å². The van der Waals surface area contributed by atoms with Crippen LogP contribution in [0, 0.1) is 11.8 Å². The highest BCUT2D eigenvalue weighted by Crippen LogP contribution is 2.18. The third-order valence-corrected chi connectivity index (χ3v) is 5.08. The van der Waals surface area contributed by atoms with Gasteiger partial charge in [-0.3, -0.25) is 9.69 Å². The van der Waals surface area contributed by atoms with Gasteiger partial charge in [0.25, 0.3) is 0 Å². The van der Waals surface area contributed by atoms with Crippen molar-refractivity contribution in [3.05, 3.63) is 35.9 Å². The first kappa shape index (κ1) is 20.9. The van der Waals surface area contributed by atoms with Crippen LogP contribution in [0.5, 0.6) is 0 Å². The lowest BCUT2D eigenvalue weighted by molar-refractivity contribution is -0.123. The number of benzene rings is 1. The van der Waals surface area contributed by atoms with E-state index >= 15 is 0 Å². The van der Waals surface area contributed by atoms with Crippen LogP contribution in [0.2, 0.25) is 0 Å². The van der Waals surface area contributed by atoms with Crippen molar-refractivity contribution in [3.8, 4) is 0 Å². The van der Waals surface area contributed by atoms with Crippen molar-refractivity contribution < 1.29 is 4.79 Å². The molecule has 0 radical (unpaired) electrons. The zero-order valence-electron chi connectivity index (χ0n) is 14.9. The molecule has 0 aliphatic carbocycles. The topological polar surface area (TPSA) is 58.4 Å². The van der Waals surface area contributed by atoms with Crippen molar-refractivity contribution in [1.82, 2.24) is 10.2 Å². The molecule has 1 amide bonds. The molecule has 2 atom stereocenters. The Morgan fingerprint density at radius 3 is 2.50 bits per heavy atom. The number of nitrogens with two attached hydrogens (primary N) is 1. The van der Waals surface area contributed by atoms with E-state index in [4.69, 9.17) is 5.73 Å². The normalized spacial score (nSPS) is 18.5. The Labute approximate surface area is 152 Å². The number of hydrogen-bond acceptors (Lipinski definition) is 3. The number of carbonyl (C=O) groups is 1. The van der Waals surface area contributed by atoms with Gasteiger partial charge in [-0.05, 0) is 43.3 Å². The summed E-state index contributed by atoms with van der Waals surface area (Å²) in [5, 5.41) is 3.05. The van der Waals surface area contributed by atoms with Gasteiger partial charge in [0.2, 0.25) is 5.91 Å². The van der Waals surface area contributed by atoms with E-state index in [0.717, 1.165) is 45.4 Å². The van der Waals surface area contributed by atoms with Gasteiger partial charge in [0.15, 0.2) is 0 Å². The van der Waals surface area contributed by atoms with E-state index < -0.39 is 0 Å². The molecule has 24 heavy (non-hydrogen) atoms. The number of carbonyl (C=O) groups excluding carboxylic acids is 1. The van der Waals surface area contributed by atoms with E-state index in [1.165, 1.54) is 5.56 Å². The van der Waals surface area contributed by atoms with Crippen molar-refractivity contribution in [2.45, 2.75) is 45.7 Å². The third kappa shape index (κ3) is 6.42. The van der Waals surface area contributed by atoms with Crippen LogP contribution in [0.15, 0.2) is 30.3 Å². The molecule has 1 heterocycles. The Balaban J connectivity index is 0.00000288. The monoisotopic (exact) mass is 353 g/mol. The lowest BCUT2D eigenvalue weighted by Crippen LogP contribution is -2.47. The van der Waals surface area contributed by atoms with E-state index in [1.807, 2.05) is 6.92 Å². The van der Waals surface area contributed by atoms with Crippen LogP contribution in [0.3, 0.4) is 0 Å². The van der Waals surface area contributed by atoms with Gasteiger partial charge in [0.05, 0.1) is 6.04 Å². The fourth-order valence-electron chi connectivity index (χ4n) is 3.07. The summed E-state index contributed by atoms with van der Waals surface area (Å²) in [6.45, 7) is 8.10. The summed E-state index contributed by atoms with van der Waals surface area (Å²) in [5.74, 6) is 0.823. The smallest absolute Gasteiger partial charge is 0.237 e. The molecule has 1 saturated heterocycles. The van der Waals surface area contributed by atoms with Crippen molar-refractivity contribution in [1.29, 1.82) is 0 Å². The first-order chi connectivity index (χ1) is 11.1. The molecule has 2 unspecified atom stereocenters. The average molecular weight is 354 g/mol. The van der Waals surface area contributed by atoms with Crippen molar-refractivity contribution in [2.24, 2.45) is 17.6 Å². The highest BCUT2D eigenvalue weighted by atomic mass is 35.5. The fraction of sp³-hybridized carbons (Fsp3) is 0.632. The first-order valence-electron chi connectivity index (χ1n) is 8.89. The molecular formula is C19H32ClN3O. The second-order valence-corrected chi connectivity index (χ2v) is 6.86. The molecule has 2 rings (SSSR count). The Hall–Kier alpha value is -1.10. The molecule has 0 saturated carbocycles. The summed E-state index contributed by atoms with van der Waals surface area (Å²) >= 11 is 0. The highest BCUT2D eigenvalue weighted by molar-refractivity contribution is 5.85. The molecule has 136 valence electrons. The van der Waals surface area contributed by atoms with Crippen molar-refractivity contribution in [2.75, 3.05) is 19.6 Å². The van der Waals surface area contributed by atoms with Gasteiger partial charge in [-0.15, -0.1) is 12.4 Å². The van der Waals surface area contributed by atoms with Gasteiger partial charge < -0.3 is 11.1 Å². The molecular weight excluding hydrogens is 322 g/mol. The summed E-state index contributed by atoms with van der Waals surface area (Å²) in [6, 6.07) is 10.2. The predicted octanol–water partition coefficient (Wildman–Crippen LogP) is 2.81. The van der Waals surface area contributed by atoms with Gasteiger partial charge >= 0.3 is 0 Å². The fourth-order valence-corrected chi connectivity index (χ4v) is 3.07. The summed E-state index contributed by atoms with van der Waals surface area (Å²) in [5.41, 5.74) is 7.35. The molecule has 0 aromatic heterocycles. The van der Waals surface area contributed by atoms with Crippen LogP contribution in [0.25, 0.3) is 0 Å². The molecule has 1 aliphatic rings. The molecule has 0 spiro atoms. The first-order valence-corrected chi connectivity index (χ1v) is 8.89. The number of likely N-dealkylation sites (tertiary alicyclic amines) is 1. The van der Waals surface area contributed by atoms with Gasteiger partial charge in [0, 0.05) is 13.1 Å².